The van der Waals surface area contributed by atoms with Gasteiger partial charge in [-0.3, -0.25) is 9.59 Å². The lowest BCUT2D eigenvalue weighted by atomic mass is 9.95. The van der Waals surface area contributed by atoms with Crippen LogP contribution in [-0.2, 0) is 25.3 Å². The average molecular weight is 590 g/mol. The Kier molecular flexibility index (Phi) is 8.21. The van der Waals surface area contributed by atoms with Gasteiger partial charge in [0.2, 0.25) is 0 Å². The van der Waals surface area contributed by atoms with Crippen molar-refractivity contribution in [2.24, 2.45) is 0 Å². The Labute approximate surface area is 238 Å². The number of amides is 2. The molecule has 3 aromatic rings. The van der Waals surface area contributed by atoms with E-state index < -0.39 is 35.0 Å². The number of rotatable bonds is 5. The summed E-state index contributed by atoms with van der Waals surface area (Å²) in [6, 6.07) is 13.2. The maximum absolute atomic E-state index is 13.5. The van der Waals surface area contributed by atoms with Crippen LogP contribution in [0.15, 0.2) is 60.7 Å². The van der Waals surface area contributed by atoms with Gasteiger partial charge < -0.3 is 15.5 Å². The standard InChI is InChI=1S/C31H29F6N3O2/c32-30(33,34)22-14-21(15-23(16-22)31(35,36)37)28(41)39-25-10-11-27(40-13-12-19-6-4-5-7-20(19)18-40)26(17-25)29(42)38-24-8-2-1-3-9-24/h4-7,10-11,14-17,24H,1-3,8-9,12-13,18H2,(H,38,42)(H,39,41). The van der Waals surface area contributed by atoms with Crippen LogP contribution in [-0.4, -0.2) is 24.4 Å². The van der Waals surface area contributed by atoms with Crippen LogP contribution in [0.3, 0.4) is 0 Å². The van der Waals surface area contributed by atoms with E-state index in [0.717, 1.165) is 44.1 Å². The third kappa shape index (κ3) is 6.71. The molecule has 0 spiro atoms. The predicted octanol–water partition coefficient (Wildman–Crippen LogP) is 7.60. The van der Waals surface area contributed by atoms with Crippen LogP contribution in [0.2, 0.25) is 0 Å². The number of hydrogen-bond acceptors (Lipinski definition) is 3. The highest BCUT2D eigenvalue weighted by molar-refractivity contribution is 6.06. The minimum atomic E-state index is -5.09. The summed E-state index contributed by atoms with van der Waals surface area (Å²) in [5.74, 6) is -1.52. The summed E-state index contributed by atoms with van der Waals surface area (Å²) in [7, 11) is 0. The summed E-state index contributed by atoms with van der Waals surface area (Å²) in [6.07, 6.45) is -4.66. The van der Waals surface area contributed by atoms with Gasteiger partial charge in [0.15, 0.2) is 0 Å². The Morgan fingerprint density at radius 3 is 2.05 bits per heavy atom. The minimum absolute atomic E-state index is 0.00896. The lowest BCUT2D eigenvalue weighted by Gasteiger charge is -2.32. The smallest absolute Gasteiger partial charge is 0.366 e. The zero-order valence-electron chi connectivity index (χ0n) is 22.5. The van der Waals surface area contributed by atoms with Crippen molar-refractivity contribution in [3.8, 4) is 0 Å². The van der Waals surface area contributed by atoms with Crippen molar-refractivity contribution in [1.82, 2.24) is 5.32 Å². The molecule has 2 N–H and O–H groups in total. The van der Waals surface area contributed by atoms with E-state index >= 15 is 0 Å². The monoisotopic (exact) mass is 589 g/mol. The molecule has 2 aliphatic rings. The summed E-state index contributed by atoms with van der Waals surface area (Å²) >= 11 is 0. The Morgan fingerprint density at radius 2 is 1.40 bits per heavy atom. The number of nitrogens with zero attached hydrogens (tertiary/aromatic N) is 1. The van der Waals surface area contributed by atoms with Gasteiger partial charge in [-0.1, -0.05) is 43.5 Å². The fourth-order valence-electron chi connectivity index (χ4n) is 5.57. The largest absolute Gasteiger partial charge is 0.416 e. The summed E-state index contributed by atoms with van der Waals surface area (Å²) in [6.45, 7) is 1.19. The zero-order valence-corrected chi connectivity index (χ0v) is 22.5. The maximum Gasteiger partial charge on any atom is 0.416 e. The first-order chi connectivity index (χ1) is 19.9. The number of benzene rings is 3. The molecule has 0 unspecified atom stereocenters. The normalized spacial score (nSPS) is 16.1. The molecule has 0 aromatic heterocycles. The number of alkyl halides is 6. The zero-order chi connectivity index (χ0) is 30.1. The maximum atomic E-state index is 13.5. The van der Waals surface area contributed by atoms with E-state index in [1.165, 1.54) is 17.7 Å². The molecule has 0 bridgehead atoms. The van der Waals surface area contributed by atoms with Crippen LogP contribution in [0.4, 0.5) is 37.7 Å². The Bertz CT molecular complexity index is 1450. The van der Waals surface area contributed by atoms with Crippen molar-refractivity contribution in [3.63, 3.8) is 0 Å². The number of hydrogen-bond donors (Lipinski definition) is 2. The second-order valence-corrected chi connectivity index (χ2v) is 10.7. The molecule has 42 heavy (non-hydrogen) atoms. The molecule has 2 amide bonds. The molecule has 222 valence electrons. The average Bonchev–Trinajstić information content (AvgIpc) is 2.96. The fraction of sp³-hybridized carbons (Fsp3) is 0.355. The van der Waals surface area contributed by atoms with Gasteiger partial charge in [0.25, 0.3) is 11.8 Å². The number of carbonyl (C=O) groups is 2. The van der Waals surface area contributed by atoms with Crippen LogP contribution < -0.4 is 15.5 Å². The van der Waals surface area contributed by atoms with E-state index in [1.54, 1.807) is 6.07 Å². The van der Waals surface area contributed by atoms with Gasteiger partial charge in [-0.2, -0.15) is 26.3 Å². The van der Waals surface area contributed by atoms with Crippen LogP contribution in [0, 0.1) is 0 Å². The molecule has 3 aromatic carbocycles. The molecule has 0 radical (unpaired) electrons. The molecule has 5 rings (SSSR count). The van der Waals surface area contributed by atoms with Crippen molar-refractivity contribution in [2.75, 3.05) is 16.8 Å². The molecule has 1 aliphatic carbocycles. The van der Waals surface area contributed by atoms with Crippen LogP contribution in [0.5, 0.6) is 0 Å². The van der Waals surface area contributed by atoms with Crippen molar-refractivity contribution >= 4 is 23.2 Å². The Balaban J connectivity index is 1.46. The highest BCUT2D eigenvalue weighted by atomic mass is 19.4. The number of nitrogens with one attached hydrogen (secondary N) is 2. The van der Waals surface area contributed by atoms with Gasteiger partial charge >= 0.3 is 12.4 Å². The number of fused-ring (bicyclic) bond motifs is 1. The number of carbonyl (C=O) groups excluding carboxylic acids is 2. The third-order valence-electron chi connectivity index (χ3n) is 7.76. The number of halogens is 6. The summed E-state index contributed by atoms with van der Waals surface area (Å²) in [5, 5.41) is 5.45. The molecule has 5 nitrogen and oxygen atoms in total. The second kappa shape index (κ2) is 11.7. The third-order valence-corrected chi connectivity index (χ3v) is 7.76. The lowest BCUT2D eigenvalue weighted by molar-refractivity contribution is -0.143. The molecule has 1 fully saturated rings. The van der Waals surface area contributed by atoms with Gasteiger partial charge in [-0.15, -0.1) is 0 Å². The quantitative estimate of drug-likeness (QED) is 0.302. The first-order valence-corrected chi connectivity index (χ1v) is 13.8. The van der Waals surface area contributed by atoms with E-state index in [-0.39, 0.29) is 29.3 Å². The molecular formula is C31H29F6N3O2. The topological polar surface area (TPSA) is 61.4 Å². The van der Waals surface area contributed by atoms with E-state index in [0.29, 0.717) is 30.9 Å². The molecular weight excluding hydrogens is 560 g/mol. The van der Waals surface area contributed by atoms with E-state index in [2.05, 4.69) is 16.7 Å². The first kappa shape index (κ1) is 29.5. The van der Waals surface area contributed by atoms with Gasteiger partial charge in [-0.05, 0) is 66.8 Å². The fourth-order valence-corrected chi connectivity index (χ4v) is 5.57. The first-order valence-electron chi connectivity index (χ1n) is 13.8. The predicted molar refractivity (Wildman–Crippen MR) is 146 cm³/mol. The molecule has 1 aliphatic heterocycles. The summed E-state index contributed by atoms with van der Waals surface area (Å²) < 4.78 is 80.0. The molecule has 0 atom stereocenters. The molecule has 1 heterocycles. The highest BCUT2D eigenvalue weighted by Crippen LogP contribution is 2.37. The van der Waals surface area contributed by atoms with E-state index in [4.69, 9.17) is 0 Å². The van der Waals surface area contributed by atoms with Crippen molar-refractivity contribution in [2.45, 2.75) is 63.5 Å². The molecule has 11 heteroatoms. The number of anilines is 2. The van der Waals surface area contributed by atoms with Crippen LogP contribution in [0.25, 0.3) is 0 Å². The molecule has 1 saturated carbocycles. The SMILES string of the molecule is O=C(Nc1ccc(N2CCc3ccccc3C2)c(C(=O)NC2CCCCC2)c1)c1cc(C(F)(F)F)cc(C(F)(F)F)c1. The van der Waals surface area contributed by atoms with Crippen molar-refractivity contribution < 1.29 is 35.9 Å². The van der Waals surface area contributed by atoms with Crippen molar-refractivity contribution in [3.05, 3.63) is 94.0 Å². The summed E-state index contributed by atoms with van der Waals surface area (Å²) in [4.78, 5) is 28.5. The van der Waals surface area contributed by atoms with Crippen LogP contribution >= 0.6 is 0 Å². The van der Waals surface area contributed by atoms with E-state index in [9.17, 15) is 35.9 Å². The lowest BCUT2D eigenvalue weighted by Crippen LogP contribution is -2.38. The second-order valence-electron chi connectivity index (χ2n) is 10.7. The van der Waals surface area contributed by atoms with Crippen LogP contribution in [0.1, 0.15) is 75.1 Å². The molecule has 0 saturated heterocycles. The Hall–Kier alpha value is -4.02. The van der Waals surface area contributed by atoms with Gasteiger partial charge in [0, 0.05) is 36.1 Å². The summed E-state index contributed by atoms with van der Waals surface area (Å²) in [5.41, 5.74) is -0.698. The van der Waals surface area contributed by atoms with Gasteiger partial charge in [0.05, 0.1) is 16.7 Å². The minimum Gasteiger partial charge on any atom is -0.366 e. The van der Waals surface area contributed by atoms with Gasteiger partial charge in [0.1, 0.15) is 0 Å². The van der Waals surface area contributed by atoms with Gasteiger partial charge in [-0.25, -0.2) is 0 Å². The van der Waals surface area contributed by atoms with E-state index in [1.807, 2.05) is 23.1 Å². The Morgan fingerprint density at radius 1 is 0.762 bits per heavy atom. The highest BCUT2D eigenvalue weighted by Gasteiger charge is 2.37. The van der Waals surface area contributed by atoms with Crippen molar-refractivity contribution in [1.29, 1.82) is 0 Å².